The molecule has 0 saturated carbocycles. The lowest BCUT2D eigenvalue weighted by Crippen LogP contribution is -2.37. The van der Waals surface area contributed by atoms with Crippen LogP contribution < -0.4 is 10.1 Å². The van der Waals surface area contributed by atoms with Crippen LogP contribution in [0.3, 0.4) is 0 Å². The Bertz CT molecular complexity index is 450. The lowest BCUT2D eigenvalue weighted by Gasteiger charge is -2.12. The van der Waals surface area contributed by atoms with E-state index in [4.69, 9.17) is 9.84 Å². The molecule has 1 aromatic rings. The zero-order chi connectivity index (χ0) is 14.3. The minimum Gasteiger partial charge on any atom is -0.496 e. The fourth-order valence-corrected chi connectivity index (χ4v) is 2.62. The molecule has 0 heterocycles. The second-order valence-electron chi connectivity index (χ2n) is 4.01. The van der Waals surface area contributed by atoms with Crippen LogP contribution in [0.1, 0.15) is 11.1 Å². The van der Waals surface area contributed by atoms with Crippen LogP contribution in [0.4, 0.5) is 0 Å². The van der Waals surface area contributed by atoms with Gasteiger partial charge in [0.05, 0.1) is 7.11 Å². The van der Waals surface area contributed by atoms with Gasteiger partial charge in [-0.3, -0.25) is 4.79 Å². The highest BCUT2D eigenvalue weighted by atomic mass is 32.2. The average Bonchev–Trinajstić information content (AvgIpc) is 2.38. The number of carbonyl (C=O) groups is 2. The number of carboxylic acids is 1. The van der Waals surface area contributed by atoms with Gasteiger partial charge in [0.2, 0.25) is 6.41 Å². The van der Waals surface area contributed by atoms with Crippen molar-refractivity contribution in [1.29, 1.82) is 0 Å². The second-order valence-corrected chi connectivity index (χ2v) is 5.04. The van der Waals surface area contributed by atoms with Crippen molar-refractivity contribution in [3.63, 3.8) is 0 Å². The van der Waals surface area contributed by atoms with Gasteiger partial charge in [0.25, 0.3) is 0 Å². The molecule has 1 rings (SSSR count). The summed E-state index contributed by atoms with van der Waals surface area (Å²) in [6.07, 6.45) is 0.409. The van der Waals surface area contributed by atoms with Crippen LogP contribution in [0.25, 0.3) is 0 Å². The van der Waals surface area contributed by atoms with Crippen molar-refractivity contribution in [3.05, 3.63) is 29.3 Å². The lowest BCUT2D eigenvalue weighted by molar-refractivity contribution is -0.139. The van der Waals surface area contributed by atoms with Gasteiger partial charge in [0.1, 0.15) is 11.8 Å². The van der Waals surface area contributed by atoms with E-state index in [-0.39, 0.29) is 0 Å². The molecule has 0 aliphatic rings. The fourth-order valence-electron chi connectivity index (χ4n) is 1.58. The summed E-state index contributed by atoms with van der Waals surface area (Å²) in [6.45, 7) is 1.99. The Morgan fingerprint density at radius 1 is 1.58 bits per heavy atom. The quantitative estimate of drug-likeness (QED) is 0.706. The van der Waals surface area contributed by atoms with Crippen LogP contribution >= 0.6 is 11.8 Å². The summed E-state index contributed by atoms with van der Waals surface area (Å²) in [5.74, 6) is 0.699. The predicted octanol–water partition coefficient (Wildman–Crippen LogP) is 1.44. The van der Waals surface area contributed by atoms with Crippen LogP contribution in [0.2, 0.25) is 0 Å². The van der Waals surface area contributed by atoms with Crippen LogP contribution in [0.15, 0.2) is 18.2 Å². The van der Waals surface area contributed by atoms with Gasteiger partial charge in [-0.25, -0.2) is 4.79 Å². The first-order valence-electron chi connectivity index (χ1n) is 5.72. The molecule has 0 aromatic heterocycles. The molecule has 6 heteroatoms. The zero-order valence-electron chi connectivity index (χ0n) is 10.9. The highest BCUT2D eigenvalue weighted by Crippen LogP contribution is 2.24. The third-order valence-corrected chi connectivity index (χ3v) is 3.63. The van der Waals surface area contributed by atoms with E-state index in [1.807, 2.05) is 25.1 Å². The molecule has 0 saturated heterocycles. The molecule has 1 amide bonds. The number of aliphatic carboxylic acids is 1. The Morgan fingerprint density at radius 3 is 2.89 bits per heavy atom. The number of carboxylic acid groups (broad SMARTS) is 1. The minimum atomic E-state index is -1.03. The van der Waals surface area contributed by atoms with Crippen molar-refractivity contribution in [2.75, 3.05) is 12.9 Å². The normalized spacial score (nSPS) is 11.7. The third kappa shape index (κ3) is 4.82. The largest absolute Gasteiger partial charge is 0.496 e. The molecule has 0 spiro atoms. The average molecular weight is 283 g/mol. The lowest BCUT2D eigenvalue weighted by atomic mass is 10.1. The Morgan fingerprint density at radius 2 is 2.32 bits per heavy atom. The first-order chi connectivity index (χ1) is 9.08. The van der Waals surface area contributed by atoms with Crippen LogP contribution in [-0.2, 0) is 15.3 Å². The SMILES string of the molecule is COc1ccc(C)cc1CSCC(NC=O)C(=O)O. The first kappa shape index (κ1) is 15.4. The van der Waals surface area contributed by atoms with Gasteiger partial charge in [-0.2, -0.15) is 11.8 Å². The Hall–Kier alpha value is -1.69. The maximum Gasteiger partial charge on any atom is 0.327 e. The Kier molecular flexibility index (Phi) is 6.21. The van der Waals surface area contributed by atoms with Crippen molar-refractivity contribution in [2.24, 2.45) is 0 Å². The molecule has 0 radical (unpaired) electrons. The van der Waals surface area contributed by atoms with Crippen molar-refractivity contribution in [2.45, 2.75) is 18.7 Å². The summed E-state index contributed by atoms with van der Waals surface area (Å²) in [4.78, 5) is 21.1. The van der Waals surface area contributed by atoms with Crippen molar-refractivity contribution >= 4 is 24.1 Å². The molecule has 0 fully saturated rings. The second kappa shape index (κ2) is 7.68. The smallest absolute Gasteiger partial charge is 0.327 e. The van der Waals surface area contributed by atoms with E-state index in [1.54, 1.807) is 7.11 Å². The van der Waals surface area contributed by atoms with Gasteiger partial charge in [0, 0.05) is 17.1 Å². The van der Waals surface area contributed by atoms with E-state index < -0.39 is 12.0 Å². The summed E-state index contributed by atoms with van der Waals surface area (Å²) in [5, 5.41) is 11.2. The molecule has 104 valence electrons. The van der Waals surface area contributed by atoms with E-state index in [9.17, 15) is 9.59 Å². The van der Waals surface area contributed by atoms with E-state index in [2.05, 4.69) is 5.32 Å². The Balaban J connectivity index is 2.58. The predicted molar refractivity (Wildman–Crippen MR) is 74.5 cm³/mol. The minimum absolute atomic E-state index is 0.311. The summed E-state index contributed by atoms with van der Waals surface area (Å²) >= 11 is 1.44. The maximum atomic E-state index is 10.8. The van der Waals surface area contributed by atoms with Crippen LogP contribution in [0.5, 0.6) is 5.75 Å². The molecule has 0 aliphatic heterocycles. The van der Waals surface area contributed by atoms with Gasteiger partial charge in [0.15, 0.2) is 0 Å². The van der Waals surface area contributed by atoms with Crippen molar-refractivity contribution in [3.8, 4) is 5.75 Å². The molecule has 1 atom stereocenters. The summed E-state index contributed by atoms with van der Waals surface area (Å²) in [5.41, 5.74) is 2.14. The molecule has 2 N–H and O–H groups in total. The van der Waals surface area contributed by atoms with Gasteiger partial charge in [-0.15, -0.1) is 0 Å². The number of hydrogen-bond acceptors (Lipinski definition) is 4. The third-order valence-electron chi connectivity index (χ3n) is 2.55. The molecule has 1 aromatic carbocycles. The molecule has 0 aliphatic carbocycles. The monoisotopic (exact) mass is 283 g/mol. The Labute approximate surface area is 116 Å². The first-order valence-corrected chi connectivity index (χ1v) is 6.87. The van der Waals surface area contributed by atoms with Crippen LogP contribution in [-0.4, -0.2) is 36.4 Å². The molecule has 19 heavy (non-hydrogen) atoms. The van der Waals surface area contributed by atoms with Gasteiger partial charge in [-0.05, 0) is 13.0 Å². The van der Waals surface area contributed by atoms with E-state index in [1.165, 1.54) is 11.8 Å². The molecular formula is C13H17NO4S. The molecule has 5 nitrogen and oxygen atoms in total. The van der Waals surface area contributed by atoms with Gasteiger partial charge >= 0.3 is 5.97 Å². The summed E-state index contributed by atoms with van der Waals surface area (Å²) < 4.78 is 5.25. The van der Waals surface area contributed by atoms with E-state index >= 15 is 0 Å². The van der Waals surface area contributed by atoms with E-state index in [0.717, 1.165) is 16.9 Å². The summed E-state index contributed by atoms with van der Waals surface area (Å²) in [7, 11) is 1.60. The maximum absolute atomic E-state index is 10.8. The topological polar surface area (TPSA) is 75.6 Å². The highest BCUT2D eigenvalue weighted by molar-refractivity contribution is 7.98. The van der Waals surface area contributed by atoms with Gasteiger partial charge < -0.3 is 15.2 Å². The molecule has 1 unspecified atom stereocenters. The number of thioether (sulfide) groups is 1. The van der Waals surface area contributed by atoms with E-state index in [0.29, 0.717) is 17.9 Å². The number of nitrogens with one attached hydrogen (secondary N) is 1. The number of benzene rings is 1. The molecule has 0 bridgehead atoms. The fraction of sp³-hybridized carbons (Fsp3) is 0.385. The number of methoxy groups -OCH3 is 1. The summed E-state index contributed by atoms with van der Waals surface area (Å²) in [6, 6.07) is 5.00. The molecular weight excluding hydrogens is 266 g/mol. The number of ether oxygens (including phenoxy) is 1. The number of carbonyl (C=O) groups excluding carboxylic acids is 1. The number of hydrogen-bond donors (Lipinski definition) is 2. The van der Waals surface area contributed by atoms with Crippen molar-refractivity contribution in [1.82, 2.24) is 5.32 Å². The zero-order valence-corrected chi connectivity index (χ0v) is 11.7. The van der Waals surface area contributed by atoms with Gasteiger partial charge in [-0.1, -0.05) is 17.7 Å². The number of rotatable bonds is 8. The number of aryl methyl sites for hydroxylation is 1. The number of amides is 1. The highest BCUT2D eigenvalue weighted by Gasteiger charge is 2.16. The standard InChI is InChI=1S/C13H17NO4S/c1-9-3-4-12(18-2)10(5-9)6-19-7-11(13(16)17)14-8-15/h3-5,8,11H,6-7H2,1-2H3,(H,14,15)(H,16,17). The van der Waals surface area contributed by atoms with Crippen molar-refractivity contribution < 1.29 is 19.4 Å². The van der Waals surface area contributed by atoms with Crippen LogP contribution in [0, 0.1) is 6.92 Å².